The van der Waals surface area contributed by atoms with E-state index in [1.807, 2.05) is 0 Å². The van der Waals surface area contributed by atoms with Gasteiger partial charge in [-0.2, -0.15) is 0 Å². The van der Waals surface area contributed by atoms with Gasteiger partial charge in [0.25, 0.3) is 0 Å². The van der Waals surface area contributed by atoms with E-state index in [-0.39, 0.29) is 30.0 Å². The summed E-state index contributed by atoms with van der Waals surface area (Å²) in [6.45, 7) is 3.17. The Morgan fingerprint density at radius 1 is 1.42 bits per heavy atom. The molecule has 128 valence electrons. The summed E-state index contributed by atoms with van der Waals surface area (Å²) in [6, 6.07) is 4.49. The molecule has 2 heterocycles. The maximum absolute atomic E-state index is 13.4. The number of piperidine rings is 1. The zero-order chi connectivity index (χ0) is 17.1. The van der Waals surface area contributed by atoms with Gasteiger partial charge in [-0.05, 0) is 43.5 Å². The van der Waals surface area contributed by atoms with Gasteiger partial charge in [-0.15, -0.1) is 0 Å². The van der Waals surface area contributed by atoms with Gasteiger partial charge < -0.3 is 14.6 Å². The Balaban J connectivity index is 1.69. The first-order valence-electron chi connectivity index (χ1n) is 8.28. The van der Waals surface area contributed by atoms with Gasteiger partial charge in [0.15, 0.2) is 0 Å². The van der Waals surface area contributed by atoms with Crippen molar-refractivity contribution in [2.45, 2.75) is 26.2 Å². The van der Waals surface area contributed by atoms with Crippen LogP contribution in [0.1, 0.15) is 25.3 Å². The topological polar surface area (TPSA) is 62.4 Å². The van der Waals surface area contributed by atoms with E-state index in [4.69, 9.17) is 4.74 Å². The third-order valence-electron chi connectivity index (χ3n) is 4.47. The Labute approximate surface area is 139 Å². The number of nitrogens with one attached hydrogen (secondary N) is 1. The number of H-pyrrole nitrogens is 1. The molecule has 0 aliphatic carbocycles. The molecule has 1 atom stereocenters. The number of ether oxygens (including phenoxy) is 1. The highest BCUT2D eigenvalue weighted by Crippen LogP contribution is 2.22. The lowest BCUT2D eigenvalue weighted by atomic mass is 9.97. The van der Waals surface area contributed by atoms with Crippen molar-refractivity contribution in [1.82, 2.24) is 9.88 Å². The van der Waals surface area contributed by atoms with Gasteiger partial charge in [-0.25, -0.2) is 4.39 Å². The first-order valence-corrected chi connectivity index (χ1v) is 8.28. The number of benzene rings is 1. The zero-order valence-corrected chi connectivity index (χ0v) is 13.7. The monoisotopic (exact) mass is 332 g/mol. The van der Waals surface area contributed by atoms with Crippen LogP contribution in [-0.4, -0.2) is 41.5 Å². The van der Waals surface area contributed by atoms with E-state index in [2.05, 4.69) is 4.98 Å². The van der Waals surface area contributed by atoms with Crippen LogP contribution in [0.5, 0.6) is 0 Å². The largest absolute Gasteiger partial charge is 0.466 e. The predicted octanol–water partition coefficient (Wildman–Crippen LogP) is 2.65. The number of halogens is 1. The highest BCUT2D eigenvalue weighted by molar-refractivity contribution is 5.89. The summed E-state index contributed by atoms with van der Waals surface area (Å²) in [5.74, 6) is -0.850. The minimum Gasteiger partial charge on any atom is -0.466 e. The summed E-state index contributed by atoms with van der Waals surface area (Å²) in [6.07, 6.45) is 3.48. The molecular formula is C18H21FN2O3. The molecule has 1 aliphatic heterocycles. The number of likely N-dealkylation sites (tertiary alicyclic amines) is 1. The summed E-state index contributed by atoms with van der Waals surface area (Å²) in [5.41, 5.74) is 1.58. The number of aromatic nitrogens is 1. The summed E-state index contributed by atoms with van der Waals surface area (Å²) >= 11 is 0. The molecular weight excluding hydrogens is 311 g/mol. The van der Waals surface area contributed by atoms with E-state index in [9.17, 15) is 14.0 Å². The first kappa shape index (κ1) is 16.5. The van der Waals surface area contributed by atoms with Crippen LogP contribution >= 0.6 is 0 Å². The molecule has 5 nitrogen and oxygen atoms in total. The van der Waals surface area contributed by atoms with Crippen LogP contribution in [0.3, 0.4) is 0 Å². The minimum absolute atomic E-state index is 0.0471. The molecule has 1 N–H and O–H groups in total. The molecule has 1 aromatic heterocycles. The van der Waals surface area contributed by atoms with Crippen LogP contribution in [0.2, 0.25) is 0 Å². The van der Waals surface area contributed by atoms with Gasteiger partial charge in [-0.1, -0.05) is 0 Å². The number of fused-ring (bicyclic) bond motifs is 1. The molecule has 1 aliphatic rings. The molecule has 0 radical (unpaired) electrons. The lowest BCUT2D eigenvalue weighted by molar-refractivity contribution is -0.151. The van der Waals surface area contributed by atoms with Crippen molar-refractivity contribution in [2.24, 2.45) is 5.92 Å². The number of rotatable bonds is 4. The number of esters is 1. The standard InChI is InChI=1S/C18H21FN2O3/c1-2-24-18(23)12-4-3-7-21(11-12)17(22)8-13-10-20-16-6-5-14(19)9-15(13)16/h5-6,9-10,12,20H,2-4,7-8,11H2,1H3. The maximum atomic E-state index is 13.4. The average Bonchev–Trinajstić information content (AvgIpc) is 2.97. The predicted molar refractivity (Wildman–Crippen MR) is 87.9 cm³/mol. The van der Waals surface area contributed by atoms with Crippen molar-refractivity contribution in [3.05, 3.63) is 35.8 Å². The first-order chi connectivity index (χ1) is 11.6. The van der Waals surface area contributed by atoms with Crippen molar-refractivity contribution in [2.75, 3.05) is 19.7 Å². The quantitative estimate of drug-likeness (QED) is 0.876. The molecule has 6 heteroatoms. The Bertz CT molecular complexity index is 756. The highest BCUT2D eigenvalue weighted by atomic mass is 19.1. The van der Waals surface area contributed by atoms with Crippen molar-refractivity contribution in [1.29, 1.82) is 0 Å². The molecule has 1 amide bonds. The number of hydrogen-bond acceptors (Lipinski definition) is 3. The van der Waals surface area contributed by atoms with Crippen LogP contribution in [-0.2, 0) is 20.7 Å². The van der Waals surface area contributed by atoms with Gasteiger partial charge in [0, 0.05) is 30.2 Å². The van der Waals surface area contributed by atoms with E-state index >= 15 is 0 Å². The summed E-state index contributed by atoms with van der Waals surface area (Å²) < 4.78 is 18.5. The number of nitrogens with zero attached hydrogens (tertiary/aromatic N) is 1. The van der Waals surface area contributed by atoms with Crippen LogP contribution in [0, 0.1) is 11.7 Å². The highest BCUT2D eigenvalue weighted by Gasteiger charge is 2.29. The summed E-state index contributed by atoms with van der Waals surface area (Å²) in [5, 5.41) is 0.724. The molecule has 24 heavy (non-hydrogen) atoms. The van der Waals surface area contributed by atoms with Crippen molar-refractivity contribution in [3.63, 3.8) is 0 Å². The number of aromatic amines is 1. The fourth-order valence-electron chi connectivity index (χ4n) is 3.23. The van der Waals surface area contributed by atoms with Crippen molar-refractivity contribution < 1.29 is 18.7 Å². The molecule has 0 bridgehead atoms. The minimum atomic E-state index is -0.323. The average molecular weight is 332 g/mol. The normalized spacial score (nSPS) is 17.9. The third-order valence-corrected chi connectivity index (χ3v) is 4.47. The van der Waals surface area contributed by atoms with Crippen LogP contribution in [0.25, 0.3) is 10.9 Å². The van der Waals surface area contributed by atoms with Crippen molar-refractivity contribution >= 4 is 22.8 Å². The second-order valence-electron chi connectivity index (χ2n) is 6.11. The smallest absolute Gasteiger partial charge is 0.310 e. The Kier molecular flexibility index (Phi) is 4.83. The zero-order valence-electron chi connectivity index (χ0n) is 13.7. The van der Waals surface area contributed by atoms with Crippen molar-refractivity contribution in [3.8, 4) is 0 Å². The second-order valence-corrected chi connectivity index (χ2v) is 6.11. The molecule has 3 rings (SSSR count). The summed E-state index contributed by atoms with van der Waals surface area (Å²) in [7, 11) is 0. The van der Waals surface area contributed by atoms with Gasteiger partial charge in [0.1, 0.15) is 5.82 Å². The van der Waals surface area contributed by atoms with E-state index in [1.165, 1.54) is 12.1 Å². The van der Waals surface area contributed by atoms with E-state index in [0.29, 0.717) is 19.7 Å². The number of carbonyl (C=O) groups is 2. The van der Waals surface area contributed by atoms with Gasteiger partial charge in [0.05, 0.1) is 18.9 Å². The van der Waals surface area contributed by atoms with Gasteiger partial charge >= 0.3 is 5.97 Å². The molecule has 1 aromatic carbocycles. The molecule has 1 saturated heterocycles. The van der Waals surface area contributed by atoms with Crippen LogP contribution < -0.4 is 0 Å². The van der Waals surface area contributed by atoms with Crippen LogP contribution in [0.15, 0.2) is 24.4 Å². The Hall–Kier alpha value is -2.37. The van der Waals surface area contributed by atoms with E-state index in [0.717, 1.165) is 29.3 Å². The molecule has 0 spiro atoms. The van der Waals surface area contributed by atoms with Crippen LogP contribution in [0.4, 0.5) is 4.39 Å². The fourth-order valence-corrected chi connectivity index (χ4v) is 3.23. The lowest BCUT2D eigenvalue weighted by Crippen LogP contribution is -2.43. The van der Waals surface area contributed by atoms with Gasteiger partial charge in [-0.3, -0.25) is 9.59 Å². The Morgan fingerprint density at radius 2 is 2.25 bits per heavy atom. The van der Waals surface area contributed by atoms with E-state index < -0.39 is 0 Å². The second kappa shape index (κ2) is 7.03. The molecule has 0 saturated carbocycles. The lowest BCUT2D eigenvalue weighted by Gasteiger charge is -2.31. The number of hydrogen-bond donors (Lipinski definition) is 1. The maximum Gasteiger partial charge on any atom is 0.310 e. The number of carbonyl (C=O) groups excluding carboxylic acids is 2. The SMILES string of the molecule is CCOC(=O)C1CCCN(C(=O)Cc2c[nH]c3ccc(F)cc23)C1. The molecule has 2 aromatic rings. The number of amides is 1. The molecule has 1 unspecified atom stereocenters. The Morgan fingerprint density at radius 3 is 3.04 bits per heavy atom. The third kappa shape index (κ3) is 3.42. The van der Waals surface area contributed by atoms with Gasteiger partial charge in [0.2, 0.25) is 5.91 Å². The van der Waals surface area contributed by atoms with E-state index in [1.54, 1.807) is 24.1 Å². The fraction of sp³-hybridized carbons (Fsp3) is 0.444. The molecule has 1 fully saturated rings. The summed E-state index contributed by atoms with van der Waals surface area (Å²) in [4.78, 5) is 29.2.